The zero-order chi connectivity index (χ0) is 15.8. The summed E-state index contributed by atoms with van der Waals surface area (Å²) in [6.45, 7) is 5.58. The molecule has 1 fully saturated rings. The number of ether oxygens (including phenoxy) is 1. The van der Waals surface area contributed by atoms with Crippen molar-refractivity contribution in [1.29, 1.82) is 0 Å². The van der Waals surface area contributed by atoms with Gasteiger partial charge in [-0.2, -0.15) is 0 Å². The second-order valence-corrected chi connectivity index (χ2v) is 7.19. The number of nitrogens with one attached hydrogen (secondary N) is 1. The molecule has 0 spiro atoms. The number of hydrogen-bond acceptors (Lipinski definition) is 3. The van der Waals surface area contributed by atoms with Gasteiger partial charge in [0, 0.05) is 6.54 Å². The summed E-state index contributed by atoms with van der Waals surface area (Å²) in [5, 5.41) is 3.52. The lowest BCUT2D eigenvalue weighted by atomic mass is 9.90. The molecule has 2 heterocycles. The summed E-state index contributed by atoms with van der Waals surface area (Å²) in [6, 6.07) is 2.60. The molecule has 2 aliphatic heterocycles. The van der Waals surface area contributed by atoms with Gasteiger partial charge >= 0.3 is 0 Å². The van der Waals surface area contributed by atoms with Crippen LogP contribution < -0.4 is 15.0 Å². The number of rotatable bonds is 4. The maximum atomic E-state index is 12.8. The third kappa shape index (κ3) is 2.82. The molecule has 4 rings (SSSR count). The largest absolute Gasteiger partial charge is 0.489 e. The average Bonchev–Trinajstić information content (AvgIpc) is 3.39. The minimum Gasteiger partial charge on any atom is -0.489 e. The Balaban J connectivity index is 1.83. The van der Waals surface area contributed by atoms with Gasteiger partial charge in [0.05, 0.1) is 18.4 Å². The monoisotopic (exact) mass is 318 g/mol. The highest BCUT2D eigenvalue weighted by atomic mass is 19.1. The van der Waals surface area contributed by atoms with Crippen molar-refractivity contribution in [2.75, 3.05) is 37.8 Å². The summed E-state index contributed by atoms with van der Waals surface area (Å²) < 4.78 is 18.9. The van der Waals surface area contributed by atoms with Crippen molar-refractivity contribution in [3.63, 3.8) is 0 Å². The van der Waals surface area contributed by atoms with E-state index < -0.39 is 0 Å². The van der Waals surface area contributed by atoms with E-state index in [9.17, 15) is 4.39 Å². The van der Waals surface area contributed by atoms with E-state index in [1.165, 1.54) is 29.7 Å². The molecule has 3 nitrogen and oxygen atoms in total. The van der Waals surface area contributed by atoms with Crippen LogP contribution in [0.2, 0.25) is 0 Å². The molecule has 0 amide bonds. The predicted molar refractivity (Wildman–Crippen MR) is 91.6 cm³/mol. The van der Waals surface area contributed by atoms with Crippen molar-refractivity contribution >= 4 is 5.69 Å². The Morgan fingerprint density at radius 2 is 2.13 bits per heavy atom. The molecule has 1 aromatic rings. The highest BCUT2D eigenvalue weighted by molar-refractivity contribution is 5.71. The smallest absolute Gasteiger partial charge is 0.143 e. The van der Waals surface area contributed by atoms with Crippen LogP contribution in [0, 0.1) is 0 Å². The van der Waals surface area contributed by atoms with Crippen LogP contribution in [0.3, 0.4) is 0 Å². The van der Waals surface area contributed by atoms with Gasteiger partial charge in [0.15, 0.2) is 0 Å². The maximum Gasteiger partial charge on any atom is 0.143 e. The molecule has 126 valence electrons. The summed E-state index contributed by atoms with van der Waals surface area (Å²) in [5.74, 6) is 1.74. The van der Waals surface area contributed by atoms with Gasteiger partial charge in [0.2, 0.25) is 0 Å². The third-order valence-electron chi connectivity index (χ3n) is 5.45. The standard InChI is InChI=1S/C19H27FN2O/c1-13-12-23-17-11-15-5-8-21-9-6-16(15)18(14-3-4-14)19(17)22(13)10-2-7-20/h11,13-14,21H,2-10,12H2,1H3/t13-/m1/s1. The Hall–Kier alpha value is -1.29. The highest BCUT2D eigenvalue weighted by Gasteiger charge is 2.36. The molecular weight excluding hydrogens is 291 g/mol. The van der Waals surface area contributed by atoms with Gasteiger partial charge in [-0.3, -0.25) is 4.39 Å². The Morgan fingerprint density at radius 1 is 1.30 bits per heavy atom. The van der Waals surface area contributed by atoms with E-state index in [-0.39, 0.29) is 6.67 Å². The molecule has 4 heteroatoms. The molecule has 3 aliphatic rings. The van der Waals surface area contributed by atoms with E-state index in [0.717, 1.165) is 38.2 Å². The first-order valence-corrected chi connectivity index (χ1v) is 9.14. The lowest BCUT2D eigenvalue weighted by molar-refractivity contribution is 0.267. The van der Waals surface area contributed by atoms with Crippen LogP contribution in [0.15, 0.2) is 6.07 Å². The lowest BCUT2D eigenvalue weighted by Crippen LogP contribution is -2.42. The van der Waals surface area contributed by atoms with E-state index in [1.807, 2.05) is 0 Å². The molecule has 0 saturated heterocycles. The predicted octanol–water partition coefficient (Wildman–Crippen LogP) is 3.20. The fourth-order valence-corrected chi connectivity index (χ4v) is 4.14. The molecule has 1 aliphatic carbocycles. The van der Waals surface area contributed by atoms with Gasteiger partial charge in [-0.1, -0.05) is 0 Å². The Morgan fingerprint density at radius 3 is 2.91 bits per heavy atom. The van der Waals surface area contributed by atoms with Crippen LogP contribution >= 0.6 is 0 Å². The molecule has 1 aromatic carbocycles. The van der Waals surface area contributed by atoms with Gasteiger partial charge in [0.25, 0.3) is 0 Å². The van der Waals surface area contributed by atoms with Crippen LogP contribution in [-0.4, -0.2) is 39.0 Å². The second-order valence-electron chi connectivity index (χ2n) is 7.19. The molecule has 23 heavy (non-hydrogen) atoms. The molecule has 0 bridgehead atoms. The number of alkyl halides is 1. The summed E-state index contributed by atoms with van der Waals surface area (Å²) >= 11 is 0. The van der Waals surface area contributed by atoms with Crippen LogP contribution in [-0.2, 0) is 12.8 Å². The normalized spacial score (nSPS) is 23.7. The first-order chi connectivity index (χ1) is 11.3. The zero-order valence-corrected chi connectivity index (χ0v) is 14.0. The Labute approximate surface area is 138 Å². The van der Waals surface area contributed by atoms with Crippen molar-refractivity contribution in [2.24, 2.45) is 0 Å². The van der Waals surface area contributed by atoms with Crippen LogP contribution in [0.5, 0.6) is 5.75 Å². The zero-order valence-electron chi connectivity index (χ0n) is 14.0. The van der Waals surface area contributed by atoms with Gasteiger partial charge < -0.3 is 15.0 Å². The quantitative estimate of drug-likeness (QED) is 0.923. The average molecular weight is 318 g/mol. The van der Waals surface area contributed by atoms with Crippen molar-refractivity contribution in [3.05, 3.63) is 22.8 Å². The van der Waals surface area contributed by atoms with Crippen molar-refractivity contribution in [2.45, 2.75) is 51.0 Å². The number of nitrogens with zero attached hydrogens (tertiary/aromatic N) is 1. The van der Waals surface area contributed by atoms with Crippen molar-refractivity contribution < 1.29 is 9.13 Å². The summed E-state index contributed by atoms with van der Waals surface area (Å²) in [7, 11) is 0. The van der Waals surface area contributed by atoms with Crippen LogP contribution in [0.1, 0.15) is 48.8 Å². The summed E-state index contributed by atoms with van der Waals surface area (Å²) in [5.41, 5.74) is 5.85. The molecule has 1 saturated carbocycles. The highest BCUT2D eigenvalue weighted by Crippen LogP contribution is 2.52. The number of anilines is 1. The number of benzene rings is 1. The SMILES string of the molecule is C[C@@H]1COc2cc3c(c(C4CC4)c2N1CCCF)CCNCC3. The first-order valence-electron chi connectivity index (χ1n) is 9.14. The topological polar surface area (TPSA) is 24.5 Å². The third-order valence-corrected chi connectivity index (χ3v) is 5.45. The Bertz CT molecular complexity index is 585. The van der Waals surface area contributed by atoms with E-state index in [1.54, 1.807) is 5.56 Å². The van der Waals surface area contributed by atoms with Crippen LogP contribution in [0.25, 0.3) is 0 Å². The van der Waals surface area contributed by atoms with E-state index in [2.05, 4.69) is 23.2 Å². The first kappa shape index (κ1) is 15.3. The van der Waals surface area contributed by atoms with E-state index in [0.29, 0.717) is 25.0 Å². The summed E-state index contributed by atoms with van der Waals surface area (Å²) in [4.78, 5) is 2.42. The van der Waals surface area contributed by atoms with Gasteiger partial charge in [-0.05, 0) is 80.8 Å². The molecule has 0 unspecified atom stereocenters. The molecule has 1 N–H and O–H groups in total. The van der Waals surface area contributed by atoms with Gasteiger partial charge in [-0.15, -0.1) is 0 Å². The van der Waals surface area contributed by atoms with Crippen molar-refractivity contribution in [3.8, 4) is 5.75 Å². The molecule has 0 radical (unpaired) electrons. The number of halogens is 1. The van der Waals surface area contributed by atoms with Gasteiger partial charge in [0.1, 0.15) is 12.4 Å². The maximum absolute atomic E-state index is 12.8. The summed E-state index contributed by atoms with van der Waals surface area (Å²) in [6.07, 6.45) is 5.39. The lowest BCUT2D eigenvalue weighted by Gasteiger charge is -2.39. The van der Waals surface area contributed by atoms with Crippen molar-refractivity contribution in [1.82, 2.24) is 5.32 Å². The molecule has 1 atom stereocenters. The van der Waals surface area contributed by atoms with E-state index >= 15 is 0 Å². The van der Waals surface area contributed by atoms with Gasteiger partial charge in [-0.25, -0.2) is 0 Å². The minimum atomic E-state index is -0.243. The van der Waals surface area contributed by atoms with E-state index in [4.69, 9.17) is 4.74 Å². The molecular formula is C19H27FN2O. The fraction of sp³-hybridized carbons (Fsp3) is 0.684. The number of hydrogen-bond donors (Lipinski definition) is 1. The van der Waals surface area contributed by atoms with Crippen LogP contribution in [0.4, 0.5) is 10.1 Å². The minimum absolute atomic E-state index is 0.243. The Kier molecular flexibility index (Phi) is 4.18. The second kappa shape index (κ2) is 6.31. The fourth-order valence-electron chi connectivity index (χ4n) is 4.14. The number of fused-ring (bicyclic) bond motifs is 2. The molecule has 0 aromatic heterocycles.